The van der Waals surface area contributed by atoms with Gasteiger partial charge in [-0.3, -0.25) is 4.90 Å². The van der Waals surface area contributed by atoms with Crippen LogP contribution in [-0.4, -0.2) is 36.1 Å². The Balaban J connectivity index is 1.91. The van der Waals surface area contributed by atoms with Crippen molar-refractivity contribution < 1.29 is 0 Å². The lowest BCUT2D eigenvalue weighted by atomic mass is 10.0. The van der Waals surface area contributed by atoms with Crippen LogP contribution in [0.5, 0.6) is 0 Å². The first-order chi connectivity index (χ1) is 7.22. The number of hydrogen-bond donors (Lipinski definition) is 1. The van der Waals surface area contributed by atoms with Gasteiger partial charge in [-0.05, 0) is 45.1 Å². The van der Waals surface area contributed by atoms with E-state index in [1.165, 1.54) is 38.8 Å². The molecular formula is C13H26N2. The molecule has 4 unspecified atom stereocenters. The highest BCUT2D eigenvalue weighted by molar-refractivity contribution is 4.90. The minimum absolute atomic E-state index is 0.750. The van der Waals surface area contributed by atoms with Crippen molar-refractivity contribution in [1.29, 1.82) is 0 Å². The molecule has 15 heavy (non-hydrogen) atoms. The minimum atomic E-state index is 0.750. The Bertz CT molecular complexity index is 205. The second-order valence-corrected chi connectivity index (χ2v) is 5.51. The SMILES string of the molecule is CCC1CCC(C)N1CC1NCCC1C. The van der Waals surface area contributed by atoms with Gasteiger partial charge in [-0.25, -0.2) is 0 Å². The fourth-order valence-electron chi connectivity index (χ4n) is 3.26. The number of hydrogen-bond acceptors (Lipinski definition) is 2. The van der Waals surface area contributed by atoms with E-state index in [2.05, 4.69) is 31.0 Å². The van der Waals surface area contributed by atoms with Crippen LogP contribution in [0.25, 0.3) is 0 Å². The largest absolute Gasteiger partial charge is 0.312 e. The molecule has 0 amide bonds. The number of likely N-dealkylation sites (tertiary alicyclic amines) is 1. The van der Waals surface area contributed by atoms with Crippen molar-refractivity contribution in [2.75, 3.05) is 13.1 Å². The zero-order chi connectivity index (χ0) is 10.8. The third kappa shape index (κ3) is 2.36. The monoisotopic (exact) mass is 210 g/mol. The van der Waals surface area contributed by atoms with Crippen molar-refractivity contribution in [1.82, 2.24) is 10.2 Å². The molecule has 0 radical (unpaired) electrons. The van der Waals surface area contributed by atoms with Crippen LogP contribution in [0.15, 0.2) is 0 Å². The normalized spacial score (nSPS) is 42.6. The zero-order valence-electron chi connectivity index (χ0n) is 10.5. The van der Waals surface area contributed by atoms with E-state index >= 15 is 0 Å². The quantitative estimate of drug-likeness (QED) is 0.768. The van der Waals surface area contributed by atoms with Gasteiger partial charge in [-0.2, -0.15) is 0 Å². The molecule has 0 saturated carbocycles. The summed E-state index contributed by atoms with van der Waals surface area (Å²) in [6.07, 6.45) is 5.51. The van der Waals surface area contributed by atoms with Crippen LogP contribution in [0.1, 0.15) is 46.5 Å². The lowest BCUT2D eigenvalue weighted by Gasteiger charge is -2.31. The van der Waals surface area contributed by atoms with Crippen LogP contribution in [0.4, 0.5) is 0 Å². The summed E-state index contributed by atoms with van der Waals surface area (Å²) in [5, 5.41) is 3.66. The summed E-state index contributed by atoms with van der Waals surface area (Å²) in [5.74, 6) is 0.871. The molecule has 0 spiro atoms. The Morgan fingerprint density at radius 3 is 2.60 bits per heavy atom. The molecular weight excluding hydrogens is 184 g/mol. The maximum atomic E-state index is 3.66. The maximum Gasteiger partial charge on any atom is 0.0221 e. The molecule has 2 aliphatic heterocycles. The average Bonchev–Trinajstić information content (AvgIpc) is 2.77. The summed E-state index contributed by atoms with van der Waals surface area (Å²) in [7, 11) is 0. The molecule has 4 atom stereocenters. The first-order valence-corrected chi connectivity index (χ1v) is 6.71. The van der Waals surface area contributed by atoms with E-state index in [1.54, 1.807) is 0 Å². The molecule has 2 nitrogen and oxygen atoms in total. The summed E-state index contributed by atoms with van der Waals surface area (Å²) in [5.41, 5.74) is 0. The van der Waals surface area contributed by atoms with Gasteiger partial charge in [0.25, 0.3) is 0 Å². The van der Waals surface area contributed by atoms with Crippen molar-refractivity contribution in [3.8, 4) is 0 Å². The topological polar surface area (TPSA) is 15.3 Å². The van der Waals surface area contributed by atoms with E-state index < -0.39 is 0 Å². The summed E-state index contributed by atoms with van der Waals surface area (Å²) in [6, 6.07) is 2.42. The van der Waals surface area contributed by atoms with Gasteiger partial charge in [0.2, 0.25) is 0 Å². The van der Waals surface area contributed by atoms with Gasteiger partial charge in [0.1, 0.15) is 0 Å². The lowest BCUT2D eigenvalue weighted by molar-refractivity contribution is 0.171. The van der Waals surface area contributed by atoms with Gasteiger partial charge in [0.05, 0.1) is 0 Å². The highest BCUT2D eigenvalue weighted by Crippen LogP contribution is 2.27. The van der Waals surface area contributed by atoms with Crippen molar-refractivity contribution >= 4 is 0 Å². The fraction of sp³-hybridized carbons (Fsp3) is 1.00. The summed E-state index contributed by atoms with van der Waals surface area (Å²) in [6.45, 7) is 9.63. The Kier molecular flexibility index (Phi) is 3.68. The predicted octanol–water partition coefficient (Wildman–Crippen LogP) is 2.25. The van der Waals surface area contributed by atoms with Gasteiger partial charge >= 0.3 is 0 Å². The fourth-order valence-corrected chi connectivity index (χ4v) is 3.26. The second-order valence-electron chi connectivity index (χ2n) is 5.51. The van der Waals surface area contributed by atoms with Gasteiger partial charge in [-0.1, -0.05) is 13.8 Å². The third-order valence-electron chi connectivity index (χ3n) is 4.52. The molecule has 2 heterocycles. The summed E-state index contributed by atoms with van der Waals surface area (Å²) in [4.78, 5) is 2.75. The van der Waals surface area contributed by atoms with Crippen molar-refractivity contribution in [3.05, 3.63) is 0 Å². The Morgan fingerprint density at radius 2 is 2.00 bits per heavy atom. The predicted molar refractivity (Wildman–Crippen MR) is 65.1 cm³/mol. The van der Waals surface area contributed by atoms with Gasteiger partial charge in [-0.15, -0.1) is 0 Å². The molecule has 88 valence electrons. The van der Waals surface area contributed by atoms with Crippen LogP contribution in [0.2, 0.25) is 0 Å². The number of nitrogens with zero attached hydrogens (tertiary/aromatic N) is 1. The Labute approximate surface area is 94.4 Å². The molecule has 2 saturated heterocycles. The maximum absolute atomic E-state index is 3.66. The van der Waals surface area contributed by atoms with Crippen molar-refractivity contribution in [3.63, 3.8) is 0 Å². The van der Waals surface area contributed by atoms with Gasteiger partial charge < -0.3 is 5.32 Å². The van der Waals surface area contributed by atoms with Crippen LogP contribution in [0.3, 0.4) is 0 Å². The smallest absolute Gasteiger partial charge is 0.0221 e. The molecule has 1 N–H and O–H groups in total. The van der Waals surface area contributed by atoms with E-state index in [1.807, 2.05) is 0 Å². The first-order valence-electron chi connectivity index (χ1n) is 6.71. The van der Waals surface area contributed by atoms with Crippen LogP contribution >= 0.6 is 0 Å². The van der Waals surface area contributed by atoms with Crippen LogP contribution < -0.4 is 5.32 Å². The van der Waals surface area contributed by atoms with Crippen LogP contribution in [-0.2, 0) is 0 Å². The molecule has 0 bridgehead atoms. The molecule has 2 heteroatoms. The van der Waals surface area contributed by atoms with Crippen molar-refractivity contribution in [2.24, 2.45) is 5.92 Å². The van der Waals surface area contributed by atoms with E-state index in [0.29, 0.717) is 0 Å². The third-order valence-corrected chi connectivity index (χ3v) is 4.52. The van der Waals surface area contributed by atoms with Crippen molar-refractivity contribution in [2.45, 2.75) is 64.6 Å². The molecule has 0 aromatic carbocycles. The summed E-state index contributed by atoms with van der Waals surface area (Å²) < 4.78 is 0. The number of rotatable bonds is 3. The first kappa shape index (κ1) is 11.4. The van der Waals surface area contributed by atoms with Gasteiger partial charge in [0.15, 0.2) is 0 Å². The molecule has 2 rings (SSSR count). The molecule has 0 aromatic heterocycles. The van der Waals surface area contributed by atoms with E-state index in [9.17, 15) is 0 Å². The zero-order valence-corrected chi connectivity index (χ0v) is 10.5. The molecule has 2 aliphatic rings. The standard InChI is InChI=1S/C13H26N2/c1-4-12-6-5-11(3)15(12)9-13-10(2)7-8-14-13/h10-14H,4-9H2,1-3H3. The van der Waals surface area contributed by atoms with E-state index in [-0.39, 0.29) is 0 Å². The number of nitrogens with one attached hydrogen (secondary N) is 1. The van der Waals surface area contributed by atoms with E-state index in [4.69, 9.17) is 0 Å². The molecule has 0 aliphatic carbocycles. The molecule has 2 fully saturated rings. The Morgan fingerprint density at radius 1 is 1.20 bits per heavy atom. The summed E-state index contributed by atoms with van der Waals surface area (Å²) >= 11 is 0. The van der Waals surface area contributed by atoms with E-state index in [0.717, 1.165) is 24.0 Å². The highest BCUT2D eigenvalue weighted by Gasteiger charge is 2.33. The second kappa shape index (κ2) is 4.84. The molecule has 0 aromatic rings. The average molecular weight is 210 g/mol. The minimum Gasteiger partial charge on any atom is -0.312 e. The lowest BCUT2D eigenvalue weighted by Crippen LogP contribution is -2.44. The van der Waals surface area contributed by atoms with Crippen LogP contribution in [0, 0.1) is 5.92 Å². The van der Waals surface area contributed by atoms with Gasteiger partial charge in [0, 0.05) is 24.7 Å². The Hall–Kier alpha value is -0.0800. The highest BCUT2D eigenvalue weighted by atomic mass is 15.2.